The topological polar surface area (TPSA) is 69.4 Å². The molecule has 0 bridgehead atoms. The largest absolute Gasteiger partial charge is 0.480 e. The van der Waals surface area contributed by atoms with Gasteiger partial charge < -0.3 is 4.74 Å². The molecule has 0 unspecified atom stereocenters. The van der Waals surface area contributed by atoms with Gasteiger partial charge in [-0.05, 0) is 28.8 Å². The highest BCUT2D eigenvalue weighted by Crippen LogP contribution is 2.30. The number of rotatable bonds is 4. The van der Waals surface area contributed by atoms with E-state index >= 15 is 0 Å². The fourth-order valence-electron chi connectivity index (χ4n) is 1.54. The molecule has 0 aliphatic heterocycles. The molecule has 1 fully saturated rings. The predicted molar refractivity (Wildman–Crippen MR) is 61.7 cm³/mol. The van der Waals surface area contributed by atoms with Gasteiger partial charge in [-0.3, -0.25) is 9.20 Å². The maximum Gasteiger partial charge on any atom is 0.206 e. The van der Waals surface area contributed by atoms with Crippen molar-refractivity contribution < 1.29 is 9.53 Å². The SMILES string of the molecule is O=C(COc1cnc(Br)n2cnnc12)C1CC1. The van der Waals surface area contributed by atoms with Crippen LogP contribution in [0.2, 0.25) is 0 Å². The van der Waals surface area contributed by atoms with E-state index in [0.717, 1.165) is 12.8 Å². The van der Waals surface area contributed by atoms with Crippen molar-refractivity contribution in [1.82, 2.24) is 19.6 Å². The summed E-state index contributed by atoms with van der Waals surface area (Å²) >= 11 is 3.27. The van der Waals surface area contributed by atoms with Crippen LogP contribution >= 0.6 is 15.9 Å². The summed E-state index contributed by atoms with van der Waals surface area (Å²) in [5, 5.41) is 7.70. The zero-order valence-electron chi connectivity index (χ0n) is 8.84. The Hall–Kier alpha value is -1.50. The lowest BCUT2D eigenvalue weighted by Gasteiger charge is -2.05. The summed E-state index contributed by atoms with van der Waals surface area (Å²) in [6.07, 6.45) is 5.04. The van der Waals surface area contributed by atoms with E-state index in [1.165, 1.54) is 12.5 Å². The van der Waals surface area contributed by atoms with Gasteiger partial charge in [0.2, 0.25) is 5.65 Å². The second-order valence-corrected chi connectivity index (χ2v) is 4.65. The van der Waals surface area contributed by atoms with Gasteiger partial charge in [0.05, 0.1) is 6.20 Å². The molecule has 88 valence electrons. The number of nitrogens with zero attached hydrogens (tertiary/aromatic N) is 4. The minimum atomic E-state index is 0.0799. The van der Waals surface area contributed by atoms with Crippen molar-refractivity contribution >= 4 is 27.4 Å². The molecule has 0 saturated heterocycles. The number of ketones is 1. The van der Waals surface area contributed by atoms with Crippen LogP contribution in [0.3, 0.4) is 0 Å². The van der Waals surface area contributed by atoms with E-state index in [1.54, 1.807) is 4.40 Å². The molecule has 0 amide bonds. The number of aromatic nitrogens is 4. The highest BCUT2D eigenvalue weighted by atomic mass is 79.9. The lowest BCUT2D eigenvalue weighted by atomic mass is 10.3. The third-order valence-corrected chi connectivity index (χ3v) is 3.24. The molecule has 1 saturated carbocycles. The van der Waals surface area contributed by atoms with Crippen molar-refractivity contribution in [3.8, 4) is 5.75 Å². The quantitative estimate of drug-likeness (QED) is 0.794. The first kappa shape index (κ1) is 10.6. The minimum absolute atomic E-state index is 0.0799. The minimum Gasteiger partial charge on any atom is -0.480 e. The van der Waals surface area contributed by atoms with Crippen molar-refractivity contribution in [1.29, 1.82) is 0 Å². The summed E-state index contributed by atoms with van der Waals surface area (Å²) in [5.74, 6) is 0.817. The highest BCUT2D eigenvalue weighted by molar-refractivity contribution is 9.10. The van der Waals surface area contributed by atoms with Gasteiger partial charge in [-0.25, -0.2) is 4.98 Å². The van der Waals surface area contributed by atoms with Crippen molar-refractivity contribution in [2.75, 3.05) is 6.61 Å². The predicted octanol–water partition coefficient (Wildman–Crippen LogP) is 1.24. The summed E-state index contributed by atoms with van der Waals surface area (Å²) < 4.78 is 7.68. The van der Waals surface area contributed by atoms with Crippen LogP contribution in [-0.4, -0.2) is 32.0 Å². The molecular formula is C10H9BrN4O2. The molecule has 6 nitrogen and oxygen atoms in total. The van der Waals surface area contributed by atoms with E-state index in [4.69, 9.17) is 4.74 Å². The smallest absolute Gasteiger partial charge is 0.206 e. The number of hydrogen-bond donors (Lipinski definition) is 0. The Balaban J connectivity index is 1.82. The second kappa shape index (κ2) is 4.06. The molecule has 0 N–H and O–H groups in total. The lowest BCUT2D eigenvalue weighted by molar-refractivity contribution is -0.122. The van der Waals surface area contributed by atoms with E-state index in [-0.39, 0.29) is 18.3 Å². The van der Waals surface area contributed by atoms with E-state index in [0.29, 0.717) is 16.1 Å². The van der Waals surface area contributed by atoms with Crippen molar-refractivity contribution in [2.45, 2.75) is 12.8 Å². The first-order valence-electron chi connectivity index (χ1n) is 5.25. The van der Waals surface area contributed by atoms with Crippen LogP contribution in [0, 0.1) is 5.92 Å². The van der Waals surface area contributed by atoms with Gasteiger partial charge in [0.15, 0.2) is 16.3 Å². The Bertz CT molecular complexity index is 579. The number of ether oxygens (including phenoxy) is 1. The first-order valence-corrected chi connectivity index (χ1v) is 6.05. The molecule has 0 spiro atoms. The van der Waals surface area contributed by atoms with E-state index in [1.807, 2.05) is 0 Å². The highest BCUT2D eigenvalue weighted by Gasteiger charge is 2.29. The fourth-order valence-corrected chi connectivity index (χ4v) is 1.91. The Morgan fingerprint density at radius 3 is 3.18 bits per heavy atom. The van der Waals surface area contributed by atoms with Gasteiger partial charge in [0.1, 0.15) is 12.9 Å². The molecule has 17 heavy (non-hydrogen) atoms. The number of halogens is 1. The maximum atomic E-state index is 11.5. The van der Waals surface area contributed by atoms with Gasteiger partial charge in [0, 0.05) is 5.92 Å². The van der Waals surface area contributed by atoms with Crippen LogP contribution in [-0.2, 0) is 4.79 Å². The number of hydrogen-bond acceptors (Lipinski definition) is 5. The molecule has 0 atom stereocenters. The number of fused-ring (bicyclic) bond motifs is 1. The Morgan fingerprint density at radius 1 is 1.59 bits per heavy atom. The van der Waals surface area contributed by atoms with Crippen molar-refractivity contribution in [3.63, 3.8) is 0 Å². The number of Topliss-reactive ketones (excluding diaryl/α,β-unsaturated/α-hetero) is 1. The third kappa shape index (κ3) is 2.02. The molecule has 1 aliphatic rings. The summed E-state index contributed by atoms with van der Waals surface area (Å²) in [7, 11) is 0. The van der Waals surface area contributed by atoms with Gasteiger partial charge in [-0.1, -0.05) is 0 Å². The van der Waals surface area contributed by atoms with Gasteiger partial charge in [0.25, 0.3) is 0 Å². The van der Waals surface area contributed by atoms with Crippen molar-refractivity contribution in [3.05, 3.63) is 17.3 Å². The molecule has 2 aromatic rings. The molecule has 0 aromatic carbocycles. The normalized spacial score (nSPS) is 15.1. The summed E-state index contributed by atoms with van der Waals surface area (Å²) in [6, 6.07) is 0. The standard InChI is InChI=1S/C10H9BrN4O2/c11-10-12-3-8(9-14-13-5-15(9)10)17-4-7(16)6-1-2-6/h3,5-6H,1-2,4H2. The molecular weight excluding hydrogens is 288 g/mol. The first-order chi connectivity index (χ1) is 8.25. The molecule has 7 heteroatoms. The van der Waals surface area contributed by atoms with Gasteiger partial charge in [-0.15, -0.1) is 10.2 Å². The van der Waals surface area contributed by atoms with Gasteiger partial charge >= 0.3 is 0 Å². The Labute approximate surface area is 105 Å². The third-order valence-electron chi connectivity index (χ3n) is 2.66. The molecule has 2 aromatic heterocycles. The number of carbonyl (C=O) groups is 1. The summed E-state index contributed by atoms with van der Waals surface area (Å²) in [6.45, 7) is 0.0799. The van der Waals surface area contributed by atoms with Gasteiger partial charge in [-0.2, -0.15) is 0 Å². The zero-order valence-corrected chi connectivity index (χ0v) is 10.4. The molecule has 1 aliphatic carbocycles. The zero-order chi connectivity index (χ0) is 11.8. The molecule has 3 rings (SSSR count). The Morgan fingerprint density at radius 2 is 2.41 bits per heavy atom. The number of carbonyl (C=O) groups excluding carboxylic acids is 1. The van der Waals surface area contributed by atoms with E-state index in [2.05, 4.69) is 31.1 Å². The lowest BCUT2D eigenvalue weighted by Crippen LogP contribution is -2.13. The molecule has 0 radical (unpaired) electrons. The van der Waals surface area contributed by atoms with Crippen LogP contribution in [0.4, 0.5) is 0 Å². The van der Waals surface area contributed by atoms with Crippen LogP contribution in [0.1, 0.15) is 12.8 Å². The van der Waals surface area contributed by atoms with Crippen LogP contribution < -0.4 is 4.74 Å². The van der Waals surface area contributed by atoms with Crippen LogP contribution in [0.5, 0.6) is 5.75 Å². The fraction of sp³-hybridized carbons (Fsp3) is 0.400. The van der Waals surface area contributed by atoms with E-state index < -0.39 is 0 Å². The molecule has 2 heterocycles. The second-order valence-electron chi connectivity index (χ2n) is 3.95. The van der Waals surface area contributed by atoms with Crippen LogP contribution in [0.15, 0.2) is 17.3 Å². The van der Waals surface area contributed by atoms with Crippen LogP contribution in [0.25, 0.3) is 5.65 Å². The monoisotopic (exact) mass is 296 g/mol. The Kier molecular flexibility index (Phi) is 2.54. The summed E-state index contributed by atoms with van der Waals surface area (Å²) in [4.78, 5) is 15.6. The average molecular weight is 297 g/mol. The average Bonchev–Trinajstić information content (AvgIpc) is 3.06. The summed E-state index contributed by atoms with van der Waals surface area (Å²) in [5.41, 5.74) is 0.551. The van der Waals surface area contributed by atoms with E-state index in [9.17, 15) is 4.79 Å². The maximum absolute atomic E-state index is 11.5. The van der Waals surface area contributed by atoms with Crippen molar-refractivity contribution in [2.24, 2.45) is 5.92 Å².